The number of hydrogen-bond donors (Lipinski definition) is 2. The summed E-state index contributed by atoms with van der Waals surface area (Å²) in [5.41, 5.74) is 0. The lowest BCUT2D eigenvalue weighted by atomic mass is 10.3. The van der Waals surface area contributed by atoms with Gasteiger partial charge in [0.2, 0.25) is 5.91 Å². The Hall–Kier alpha value is -1.05. The third-order valence-corrected chi connectivity index (χ3v) is 2.97. The molecule has 0 aromatic carbocycles. The summed E-state index contributed by atoms with van der Waals surface area (Å²) >= 11 is 0. The zero-order valence-electron chi connectivity index (χ0n) is 10.5. The van der Waals surface area contributed by atoms with Gasteiger partial charge in [0.05, 0.1) is 25.3 Å². The van der Waals surface area contributed by atoms with Gasteiger partial charge in [-0.25, -0.2) is 0 Å². The Balaban J connectivity index is 2.01. The normalized spacial score (nSPS) is 17.6. The molecule has 1 fully saturated rings. The highest BCUT2D eigenvalue weighted by atomic mass is 16.5. The molecule has 0 spiro atoms. The van der Waals surface area contributed by atoms with Gasteiger partial charge in [-0.05, 0) is 19.8 Å². The van der Waals surface area contributed by atoms with Gasteiger partial charge in [0.25, 0.3) is 0 Å². The monoisotopic (exact) mass is 238 g/mol. The van der Waals surface area contributed by atoms with Crippen LogP contribution in [0.25, 0.3) is 0 Å². The Kier molecular flexibility index (Phi) is 6.68. The molecule has 1 amide bonds. The Labute approximate surface area is 103 Å². The zero-order chi connectivity index (χ0) is 12.5. The summed E-state index contributed by atoms with van der Waals surface area (Å²) in [7, 11) is 0. The smallest absolute Gasteiger partial charge is 0.237 e. The maximum absolute atomic E-state index is 11.4. The number of ether oxygens (including phenoxy) is 1. The van der Waals surface area contributed by atoms with Crippen molar-refractivity contribution in [3.8, 4) is 12.3 Å². The highest BCUT2D eigenvalue weighted by molar-refractivity contribution is 5.81. The average molecular weight is 238 g/mol. The molecule has 1 unspecified atom stereocenters. The predicted octanol–water partition coefficient (Wildman–Crippen LogP) is 0.673. The van der Waals surface area contributed by atoms with Crippen molar-refractivity contribution in [1.82, 2.24) is 10.6 Å². The highest BCUT2D eigenvalue weighted by Gasteiger charge is 2.15. The van der Waals surface area contributed by atoms with Gasteiger partial charge in [0.1, 0.15) is 0 Å². The lowest BCUT2D eigenvalue weighted by Gasteiger charge is -2.15. The molecule has 96 valence electrons. The van der Waals surface area contributed by atoms with Crippen molar-refractivity contribution in [2.45, 2.75) is 44.8 Å². The molecule has 0 bridgehead atoms. The van der Waals surface area contributed by atoms with E-state index in [4.69, 9.17) is 11.2 Å². The fourth-order valence-electron chi connectivity index (χ4n) is 1.94. The molecule has 1 atom stereocenters. The average Bonchev–Trinajstić information content (AvgIpc) is 2.84. The van der Waals surface area contributed by atoms with Crippen molar-refractivity contribution in [2.24, 2.45) is 0 Å². The maximum atomic E-state index is 11.4. The third-order valence-electron chi connectivity index (χ3n) is 2.97. The Bertz CT molecular complexity index is 267. The van der Waals surface area contributed by atoms with Crippen molar-refractivity contribution in [1.29, 1.82) is 0 Å². The van der Waals surface area contributed by atoms with Gasteiger partial charge in [-0.3, -0.25) is 4.79 Å². The van der Waals surface area contributed by atoms with Crippen LogP contribution >= 0.6 is 0 Å². The molecule has 0 aromatic heterocycles. The molecule has 0 aliphatic heterocycles. The van der Waals surface area contributed by atoms with Crippen LogP contribution in [0.1, 0.15) is 32.6 Å². The number of terminal acetylenes is 1. The number of amides is 1. The van der Waals surface area contributed by atoms with Crippen molar-refractivity contribution >= 4 is 5.91 Å². The van der Waals surface area contributed by atoms with E-state index in [-0.39, 0.29) is 18.5 Å². The van der Waals surface area contributed by atoms with Gasteiger partial charge in [0, 0.05) is 6.54 Å². The fraction of sp³-hybridized carbons (Fsp3) is 0.769. The first kappa shape index (κ1) is 14.0. The molecule has 1 rings (SSSR count). The van der Waals surface area contributed by atoms with E-state index >= 15 is 0 Å². The van der Waals surface area contributed by atoms with Gasteiger partial charge in [-0.2, -0.15) is 0 Å². The number of carbonyl (C=O) groups is 1. The summed E-state index contributed by atoms with van der Waals surface area (Å²) in [6.07, 6.45) is 10.4. The SMILES string of the molecule is C#CCNC(=O)C(C)NCCOC1CCCC1. The van der Waals surface area contributed by atoms with E-state index in [0.29, 0.717) is 19.3 Å². The molecule has 0 radical (unpaired) electrons. The highest BCUT2D eigenvalue weighted by Crippen LogP contribution is 2.20. The zero-order valence-corrected chi connectivity index (χ0v) is 10.5. The largest absolute Gasteiger partial charge is 0.377 e. The lowest BCUT2D eigenvalue weighted by molar-refractivity contribution is -0.122. The summed E-state index contributed by atoms with van der Waals surface area (Å²) in [5, 5.41) is 5.75. The Morgan fingerprint density at radius 3 is 2.88 bits per heavy atom. The quantitative estimate of drug-likeness (QED) is 0.506. The van der Waals surface area contributed by atoms with E-state index in [9.17, 15) is 4.79 Å². The van der Waals surface area contributed by atoms with E-state index < -0.39 is 0 Å². The van der Waals surface area contributed by atoms with Crippen LogP contribution in [0, 0.1) is 12.3 Å². The molecule has 2 N–H and O–H groups in total. The minimum absolute atomic E-state index is 0.0659. The molecule has 0 heterocycles. The summed E-state index contributed by atoms with van der Waals surface area (Å²) < 4.78 is 5.69. The Morgan fingerprint density at radius 1 is 1.53 bits per heavy atom. The molecular weight excluding hydrogens is 216 g/mol. The molecule has 0 saturated heterocycles. The fourth-order valence-corrected chi connectivity index (χ4v) is 1.94. The van der Waals surface area contributed by atoms with Crippen LogP contribution in [-0.4, -0.2) is 37.7 Å². The van der Waals surface area contributed by atoms with E-state index in [0.717, 1.165) is 0 Å². The second kappa shape index (κ2) is 8.10. The molecule has 0 aromatic rings. The van der Waals surface area contributed by atoms with Crippen LogP contribution in [0.15, 0.2) is 0 Å². The van der Waals surface area contributed by atoms with E-state index in [1.807, 2.05) is 6.92 Å². The lowest BCUT2D eigenvalue weighted by Crippen LogP contribution is -2.43. The predicted molar refractivity (Wildman–Crippen MR) is 67.5 cm³/mol. The van der Waals surface area contributed by atoms with Gasteiger partial charge in [-0.15, -0.1) is 6.42 Å². The third kappa shape index (κ3) is 5.71. The molecule has 1 aliphatic carbocycles. The molecule has 1 aliphatic rings. The van der Waals surface area contributed by atoms with Crippen LogP contribution in [0.4, 0.5) is 0 Å². The number of rotatable bonds is 7. The van der Waals surface area contributed by atoms with Crippen molar-refractivity contribution in [2.75, 3.05) is 19.7 Å². The van der Waals surface area contributed by atoms with E-state index in [1.54, 1.807) is 0 Å². The molecule has 4 nitrogen and oxygen atoms in total. The van der Waals surface area contributed by atoms with Gasteiger partial charge in [0.15, 0.2) is 0 Å². The van der Waals surface area contributed by atoms with E-state index in [1.165, 1.54) is 25.7 Å². The maximum Gasteiger partial charge on any atom is 0.237 e. The molecule has 1 saturated carbocycles. The van der Waals surface area contributed by atoms with Gasteiger partial charge in [-0.1, -0.05) is 18.8 Å². The topological polar surface area (TPSA) is 50.4 Å². The molecule has 17 heavy (non-hydrogen) atoms. The number of nitrogens with one attached hydrogen (secondary N) is 2. The van der Waals surface area contributed by atoms with Crippen molar-refractivity contribution in [3.05, 3.63) is 0 Å². The van der Waals surface area contributed by atoms with Crippen LogP contribution in [0.5, 0.6) is 0 Å². The second-order valence-corrected chi connectivity index (χ2v) is 4.37. The summed E-state index contributed by atoms with van der Waals surface area (Å²) in [6.45, 7) is 3.46. The number of carbonyl (C=O) groups excluding carboxylic acids is 1. The molecular formula is C13H22N2O2. The first-order valence-electron chi connectivity index (χ1n) is 6.30. The minimum Gasteiger partial charge on any atom is -0.377 e. The van der Waals surface area contributed by atoms with Gasteiger partial charge >= 0.3 is 0 Å². The van der Waals surface area contributed by atoms with Crippen LogP contribution in [0.2, 0.25) is 0 Å². The summed E-state index contributed by atoms with van der Waals surface area (Å²) in [4.78, 5) is 11.4. The standard InChI is InChI=1S/C13H22N2O2/c1-3-8-15-13(16)11(2)14-9-10-17-12-6-4-5-7-12/h1,11-12,14H,4-10H2,2H3,(H,15,16). The van der Waals surface area contributed by atoms with Crippen molar-refractivity contribution < 1.29 is 9.53 Å². The number of hydrogen-bond acceptors (Lipinski definition) is 3. The summed E-state index contributed by atoms with van der Waals surface area (Å²) in [6, 6.07) is -0.226. The minimum atomic E-state index is -0.226. The summed E-state index contributed by atoms with van der Waals surface area (Å²) in [5.74, 6) is 2.31. The van der Waals surface area contributed by atoms with Crippen LogP contribution in [-0.2, 0) is 9.53 Å². The van der Waals surface area contributed by atoms with Crippen molar-refractivity contribution in [3.63, 3.8) is 0 Å². The first-order valence-corrected chi connectivity index (χ1v) is 6.30. The first-order chi connectivity index (χ1) is 8.24. The van der Waals surface area contributed by atoms with Crippen LogP contribution in [0.3, 0.4) is 0 Å². The van der Waals surface area contributed by atoms with Gasteiger partial charge < -0.3 is 15.4 Å². The second-order valence-electron chi connectivity index (χ2n) is 4.37. The van der Waals surface area contributed by atoms with E-state index in [2.05, 4.69) is 16.6 Å². The Morgan fingerprint density at radius 2 is 2.24 bits per heavy atom. The molecule has 4 heteroatoms. The van der Waals surface area contributed by atoms with Crippen LogP contribution < -0.4 is 10.6 Å².